The third kappa shape index (κ3) is 1.89. The second-order valence-corrected chi connectivity index (χ2v) is 5.29. The Labute approximate surface area is 90.8 Å². The van der Waals surface area contributed by atoms with E-state index < -0.39 is 0 Å². The van der Waals surface area contributed by atoms with E-state index in [9.17, 15) is 5.21 Å². The first-order valence-corrected chi connectivity index (χ1v) is 5.26. The lowest BCUT2D eigenvalue weighted by molar-refractivity contribution is -0.196. The second-order valence-electron chi connectivity index (χ2n) is 5.11. The molecule has 1 saturated heterocycles. The number of aliphatic imine (C=N–C) groups is 1. The van der Waals surface area contributed by atoms with Gasteiger partial charge in [0.05, 0.1) is 11.7 Å². The van der Waals surface area contributed by atoms with Crippen molar-refractivity contribution < 1.29 is 5.21 Å². The number of rotatable bonds is 2. The van der Waals surface area contributed by atoms with Crippen molar-refractivity contribution in [2.24, 2.45) is 10.9 Å². The molecule has 1 aliphatic heterocycles. The van der Waals surface area contributed by atoms with Crippen molar-refractivity contribution in [3.63, 3.8) is 0 Å². The van der Waals surface area contributed by atoms with Gasteiger partial charge in [0, 0.05) is 17.0 Å². The number of hydroxylamine groups is 2. The molecule has 0 aromatic heterocycles. The van der Waals surface area contributed by atoms with Crippen LogP contribution in [-0.2, 0) is 0 Å². The van der Waals surface area contributed by atoms with Crippen LogP contribution in [0.4, 0.5) is 0 Å². The molecule has 0 saturated carbocycles. The zero-order chi connectivity index (χ0) is 11.0. The molecule has 0 radical (unpaired) electrons. The molecule has 0 bridgehead atoms. The lowest BCUT2D eigenvalue weighted by atomic mass is 9.87. The van der Waals surface area contributed by atoms with E-state index in [2.05, 4.69) is 22.4 Å². The van der Waals surface area contributed by atoms with Crippen LogP contribution in [0.2, 0.25) is 0 Å². The normalized spacial score (nSPS) is 29.9. The summed E-state index contributed by atoms with van der Waals surface area (Å²) >= 11 is 4.56. The van der Waals surface area contributed by atoms with Gasteiger partial charge in [-0.05, 0) is 46.3 Å². The van der Waals surface area contributed by atoms with Gasteiger partial charge in [0.2, 0.25) is 0 Å². The Kier molecular flexibility index (Phi) is 3.12. The molecule has 0 aromatic rings. The van der Waals surface area contributed by atoms with Gasteiger partial charge in [0.1, 0.15) is 0 Å². The molecule has 1 heterocycles. The molecule has 3 nitrogen and oxygen atoms in total. The Morgan fingerprint density at radius 2 is 2.07 bits per heavy atom. The molecule has 0 unspecified atom stereocenters. The van der Waals surface area contributed by atoms with Crippen molar-refractivity contribution in [3.05, 3.63) is 0 Å². The average Bonchev–Trinajstić information content (AvgIpc) is 2.23. The number of isothiocyanates is 1. The molecular weight excluding hydrogens is 196 g/mol. The summed E-state index contributed by atoms with van der Waals surface area (Å²) in [7, 11) is 0. The summed E-state index contributed by atoms with van der Waals surface area (Å²) < 4.78 is 0. The summed E-state index contributed by atoms with van der Waals surface area (Å²) in [5, 5.41) is 13.8. The Bertz CT molecular complexity index is 269. The molecule has 4 heteroatoms. The van der Waals surface area contributed by atoms with Crippen molar-refractivity contribution in [2.45, 2.75) is 45.2 Å². The molecule has 14 heavy (non-hydrogen) atoms. The summed E-state index contributed by atoms with van der Waals surface area (Å²) in [6.45, 7) is 8.79. The van der Waals surface area contributed by atoms with Gasteiger partial charge in [0.25, 0.3) is 0 Å². The lowest BCUT2D eigenvalue weighted by Gasteiger charge is -2.35. The maximum atomic E-state index is 10.00. The van der Waals surface area contributed by atoms with Gasteiger partial charge in [-0.2, -0.15) is 5.06 Å². The van der Waals surface area contributed by atoms with Gasteiger partial charge in [-0.1, -0.05) is 0 Å². The van der Waals surface area contributed by atoms with E-state index in [1.807, 2.05) is 27.7 Å². The largest absolute Gasteiger partial charge is 0.313 e. The maximum Gasteiger partial charge on any atom is 0.0585 e. The Balaban J connectivity index is 2.85. The molecular formula is C10H18N2OS. The molecule has 0 spiro atoms. The monoisotopic (exact) mass is 214 g/mol. The first kappa shape index (κ1) is 11.8. The fraction of sp³-hybridized carbons (Fsp3) is 0.900. The van der Waals surface area contributed by atoms with Gasteiger partial charge < -0.3 is 5.21 Å². The Hall–Kier alpha value is -0.280. The number of nitrogens with zero attached hydrogens (tertiary/aromatic N) is 2. The average molecular weight is 214 g/mol. The molecule has 0 aromatic carbocycles. The zero-order valence-corrected chi connectivity index (χ0v) is 10.1. The highest BCUT2D eigenvalue weighted by molar-refractivity contribution is 7.78. The van der Waals surface area contributed by atoms with Crippen molar-refractivity contribution in [2.75, 3.05) is 6.54 Å². The maximum absolute atomic E-state index is 10.00. The standard InChI is InChI=1S/C10H18N2OS/c1-9(2)5-8(6-11-7-14)10(3,4)12(9)13/h8,13H,5-6H2,1-4H3/t8-/m0/s1. The second kappa shape index (κ2) is 3.70. The van der Waals surface area contributed by atoms with E-state index in [-0.39, 0.29) is 11.1 Å². The van der Waals surface area contributed by atoms with Crippen molar-refractivity contribution in [1.29, 1.82) is 0 Å². The molecule has 1 N–H and O–H groups in total. The van der Waals surface area contributed by atoms with Crippen LogP contribution in [0.15, 0.2) is 4.99 Å². The van der Waals surface area contributed by atoms with Gasteiger partial charge in [-0.15, -0.1) is 0 Å². The molecule has 1 aliphatic rings. The highest BCUT2D eigenvalue weighted by Crippen LogP contribution is 2.43. The minimum atomic E-state index is -0.237. The quantitative estimate of drug-likeness (QED) is 0.566. The number of thiocarbonyl (C=S) groups is 1. The summed E-state index contributed by atoms with van der Waals surface area (Å²) in [6, 6.07) is 0. The van der Waals surface area contributed by atoms with Gasteiger partial charge in [-0.3, -0.25) is 0 Å². The van der Waals surface area contributed by atoms with E-state index in [0.29, 0.717) is 12.5 Å². The molecule has 1 rings (SSSR count). The van der Waals surface area contributed by atoms with Crippen LogP contribution < -0.4 is 0 Å². The fourth-order valence-corrected chi connectivity index (χ4v) is 2.40. The van der Waals surface area contributed by atoms with E-state index in [4.69, 9.17) is 0 Å². The fourth-order valence-electron chi connectivity index (χ4n) is 2.33. The predicted octanol–water partition coefficient (Wildman–Crippen LogP) is 2.36. The zero-order valence-electron chi connectivity index (χ0n) is 9.24. The van der Waals surface area contributed by atoms with Crippen molar-refractivity contribution >= 4 is 17.4 Å². The van der Waals surface area contributed by atoms with E-state index >= 15 is 0 Å². The van der Waals surface area contributed by atoms with Crippen LogP contribution >= 0.6 is 12.2 Å². The van der Waals surface area contributed by atoms with Crippen LogP contribution in [0.25, 0.3) is 0 Å². The SMILES string of the molecule is CC1(C)C[C@@H](CN=C=S)C(C)(C)N1O. The van der Waals surface area contributed by atoms with Crippen LogP contribution in [0, 0.1) is 5.92 Å². The topological polar surface area (TPSA) is 35.8 Å². The molecule has 1 fully saturated rings. The minimum Gasteiger partial charge on any atom is -0.313 e. The summed E-state index contributed by atoms with van der Waals surface area (Å²) in [4.78, 5) is 3.98. The third-order valence-electron chi connectivity index (χ3n) is 3.24. The number of hydrogen-bond donors (Lipinski definition) is 1. The van der Waals surface area contributed by atoms with Crippen LogP contribution in [-0.4, -0.2) is 33.1 Å². The van der Waals surface area contributed by atoms with Crippen molar-refractivity contribution in [1.82, 2.24) is 5.06 Å². The first-order valence-electron chi connectivity index (χ1n) is 4.85. The molecule has 0 aliphatic carbocycles. The van der Waals surface area contributed by atoms with Crippen LogP contribution in [0.5, 0.6) is 0 Å². The van der Waals surface area contributed by atoms with Crippen molar-refractivity contribution in [3.8, 4) is 0 Å². The molecule has 80 valence electrons. The number of hydrogen-bond acceptors (Lipinski definition) is 4. The van der Waals surface area contributed by atoms with E-state index in [1.165, 1.54) is 5.06 Å². The molecule has 1 atom stereocenters. The van der Waals surface area contributed by atoms with E-state index in [1.54, 1.807) is 0 Å². The van der Waals surface area contributed by atoms with Crippen LogP contribution in [0.1, 0.15) is 34.1 Å². The third-order valence-corrected chi connectivity index (χ3v) is 3.37. The molecule has 0 amide bonds. The Morgan fingerprint density at radius 3 is 2.43 bits per heavy atom. The highest BCUT2D eigenvalue weighted by Gasteiger charge is 2.50. The Morgan fingerprint density at radius 1 is 1.50 bits per heavy atom. The first-order chi connectivity index (χ1) is 6.32. The summed E-state index contributed by atoms with van der Waals surface area (Å²) in [5.41, 5.74) is -0.412. The smallest absolute Gasteiger partial charge is 0.0585 e. The predicted molar refractivity (Wildman–Crippen MR) is 59.8 cm³/mol. The van der Waals surface area contributed by atoms with Gasteiger partial charge in [0.15, 0.2) is 0 Å². The van der Waals surface area contributed by atoms with Gasteiger partial charge >= 0.3 is 0 Å². The highest BCUT2D eigenvalue weighted by atomic mass is 32.1. The van der Waals surface area contributed by atoms with Crippen LogP contribution in [0.3, 0.4) is 0 Å². The summed E-state index contributed by atoms with van der Waals surface area (Å²) in [6.07, 6.45) is 0.928. The minimum absolute atomic E-state index is 0.175. The van der Waals surface area contributed by atoms with E-state index in [0.717, 1.165) is 6.42 Å². The summed E-state index contributed by atoms with van der Waals surface area (Å²) in [5.74, 6) is 0.331. The lowest BCUT2D eigenvalue weighted by Crippen LogP contribution is -2.47. The van der Waals surface area contributed by atoms with Gasteiger partial charge in [-0.25, -0.2) is 4.99 Å².